The Morgan fingerprint density at radius 1 is 0.931 bits per heavy atom. The maximum absolute atomic E-state index is 12.8. The average Bonchev–Trinajstić information content (AvgIpc) is 2.72. The van der Waals surface area contributed by atoms with Crippen LogP contribution >= 0.6 is 0 Å². The molecule has 2 aromatic rings. The predicted molar refractivity (Wildman–Crippen MR) is 110 cm³/mol. The molecule has 0 saturated carbocycles. The minimum Gasteiger partial charge on any atom is -0.497 e. The number of nitrogens with one attached hydrogen (secondary N) is 2. The van der Waals surface area contributed by atoms with E-state index >= 15 is 0 Å². The molecule has 0 spiro atoms. The third kappa shape index (κ3) is 5.57. The number of amides is 2. The Hall–Kier alpha value is -3.35. The van der Waals surface area contributed by atoms with Crippen LogP contribution in [0.3, 0.4) is 0 Å². The maximum Gasteiger partial charge on any atom is 0.337 e. The molecule has 0 saturated heterocycles. The van der Waals surface area contributed by atoms with Crippen molar-refractivity contribution in [2.45, 2.75) is 26.8 Å². The Labute approximate surface area is 170 Å². The van der Waals surface area contributed by atoms with Crippen LogP contribution in [0, 0.1) is 12.8 Å². The van der Waals surface area contributed by atoms with E-state index in [9.17, 15) is 14.4 Å². The fourth-order valence-corrected chi connectivity index (χ4v) is 2.76. The van der Waals surface area contributed by atoms with Gasteiger partial charge in [0.25, 0.3) is 5.91 Å². The summed E-state index contributed by atoms with van der Waals surface area (Å²) >= 11 is 0. The first kappa shape index (κ1) is 21.9. The molecule has 0 fully saturated rings. The summed E-state index contributed by atoms with van der Waals surface area (Å²) in [6.45, 7) is 5.49. The molecule has 0 bridgehead atoms. The first-order valence-electron chi connectivity index (χ1n) is 9.21. The highest BCUT2D eigenvalue weighted by Gasteiger charge is 2.25. The van der Waals surface area contributed by atoms with E-state index in [0.29, 0.717) is 28.1 Å². The van der Waals surface area contributed by atoms with Gasteiger partial charge in [0, 0.05) is 11.3 Å². The molecule has 0 aliphatic rings. The van der Waals surface area contributed by atoms with Gasteiger partial charge in [-0.05, 0) is 60.9 Å². The van der Waals surface area contributed by atoms with Gasteiger partial charge in [0.05, 0.1) is 19.8 Å². The van der Waals surface area contributed by atoms with Crippen LogP contribution < -0.4 is 15.4 Å². The van der Waals surface area contributed by atoms with Gasteiger partial charge in [-0.15, -0.1) is 0 Å². The fourth-order valence-electron chi connectivity index (χ4n) is 2.76. The molecule has 2 amide bonds. The molecule has 2 rings (SSSR count). The van der Waals surface area contributed by atoms with Crippen LogP contribution in [-0.4, -0.2) is 38.0 Å². The third-order valence-corrected chi connectivity index (χ3v) is 4.49. The Morgan fingerprint density at radius 3 is 2.07 bits per heavy atom. The second kappa shape index (κ2) is 9.73. The lowest BCUT2D eigenvalue weighted by molar-refractivity contribution is -0.118. The molecule has 0 unspecified atom stereocenters. The maximum atomic E-state index is 12.8. The van der Waals surface area contributed by atoms with Crippen LogP contribution in [0.5, 0.6) is 5.75 Å². The molecule has 0 aromatic heterocycles. The van der Waals surface area contributed by atoms with Gasteiger partial charge in [-0.2, -0.15) is 0 Å². The molecule has 0 heterocycles. The second-order valence-corrected chi connectivity index (χ2v) is 6.93. The fraction of sp³-hybridized carbons (Fsp3) is 0.318. The lowest BCUT2D eigenvalue weighted by Gasteiger charge is -2.22. The van der Waals surface area contributed by atoms with Gasteiger partial charge in [-0.3, -0.25) is 9.59 Å². The predicted octanol–water partition coefficient (Wildman–Crippen LogP) is 3.18. The van der Waals surface area contributed by atoms with Crippen LogP contribution in [0.1, 0.15) is 40.1 Å². The number of aryl methyl sites for hydroxylation is 1. The summed E-state index contributed by atoms with van der Waals surface area (Å²) in [5.41, 5.74) is 2.11. The number of ether oxygens (including phenoxy) is 2. The Bertz CT molecular complexity index is 891. The van der Waals surface area contributed by atoms with Crippen LogP contribution in [0.2, 0.25) is 0 Å². The number of hydrogen-bond acceptors (Lipinski definition) is 5. The van der Waals surface area contributed by atoms with Gasteiger partial charge in [-0.25, -0.2) is 4.79 Å². The highest BCUT2D eigenvalue weighted by atomic mass is 16.5. The molecule has 7 heteroatoms. The van der Waals surface area contributed by atoms with E-state index < -0.39 is 12.0 Å². The Morgan fingerprint density at radius 2 is 1.55 bits per heavy atom. The number of hydrogen-bond donors (Lipinski definition) is 2. The molecule has 2 N–H and O–H groups in total. The number of esters is 1. The van der Waals surface area contributed by atoms with E-state index in [4.69, 9.17) is 9.47 Å². The third-order valence-electron chi connectivity index (χ3n) is 4.49. The number of anilines is 1. The minimum absolute atomic E-state index is 0.133. The topological polar surface area (TPSA) is 93.7 Å². The Kier molecular flexibility index (Phi) is 7.36. The van der Waals surface area contributed by atoms with Crippen LogP contribution in [0.4, 0.5) is 5.69 Å². The van der Waals surface area contributed by atoms with Gasteiger partial charge in [0.1, 0.15) is 11.8 Å². The van der Waals surface area contributed by atoms with Crippen molar-refractivity contribution in [1.29, 1.82) is 0 Å². The SMILES string of the molecule is COC(=O)c1ccc(NC(=O)[C@H](NC(=O)c2ccc(OC)cc2)C(C)C)c(C)c1. The lowest BCUT2D eigenvalue weighted by Crippen LogP contribution is -2.47. The number of benzene rings is 2. The van der Waals surface area contributed by atoms with Gasteiger partial charge in [0.2, 0.25) is 5.91 Å². The summed E-state index contributed by atoms with van der Waals surface area (Å²) < 4.78 is 9.79. The van der Waals surface area contributed by atoms with Crippen molar-refractivity contribution < 1.29 is 23.9 Å². The van der Waals surface area contributed by atoms with Crippen molar-refractivity contribution in [3.05, 3.63) is 59.2 Å². The summed E-state index contributed by atoms with van der Waals surface area (Å²) in [4.78, 5) is 37.0. The smallest absolute Gasteiger partial charge is 0.337 e. The van der Waals surface area contributed by atoms with Crippen LogP contribution in [-0.2, 0) is 9.53 Å². The van der Waals surface area contributed by atoms with Crippen molar-refractivity contribution in [3.8, 4) is 5.75 Å². The van der Waals surface area contributed by atoms with Crippen LogP contribution in [0.15, 0.2) is 42.5 Å². The summed E-state index contributed by atoms with van der Waals surface area (Å²) in [5.74, 6) is -0.620. The zero-order valence-electron chi connectivity index (χ0n) is 17.2. The molecule has 7 nitrogen and oxygen atoms in total. The van der Waals surface area contributed by atoms with E-state index in [1.54, 1.807) is 56.5 Å². The monoisotopic (exact) mass is 398 g/mol. The minimum atomic E-state index is -0.732. The molecule has 29 heavy (non-hydrogen) atoms. The number of carbonyl (C=O) groups is 3. The summed E-state index contributed by atoms with van der Waals surface area (Å²) in [7, 11) is 2.86. The second-order valence-electron chi connectivity index (χ2n) is 6.93. The van der Waals surface area contributed by atoms with Crippen LogP contribution in [0.25, 0.3) is 0 Å². The Balaban J connectivity index is 2.12. The summed E-state index contributed by atoms with van der Waals surface area (Å²) in [6, 6.07) is 10.8. The molecule has 0 aliphatic carbocycles. The molecular formula is C22H26N2O5. The zero-order valence-corrected chi connectivity index (χ0v) is 17.2. The van der Waals surface area contributed by atoms with Crippen molar-refractivity contribution in [3.63, 3.8) is 0 Å². The average molecular weight is 398 g/mol. The van der Waals surface area contributed by atoms with Gasteiger partial charge >= 0.3 is 5.97 Å². The highest BCUT2D eigenvalue weighted by molar-refractivity contribution is 6.02. The lowest BCUT2D eigenvalue weighted by atomic mass is 10.0. The van der Waals surface area contributed by atoms with E-state index in [2.05, 4.69) is 10.6 Å². The van der Waals surface area contributed by atoms with Crippen molar-refractivity contribution in [2.75, 3.05) is 19.5 Å². The number of carbonyl (C=O) groups excluding carboxylic acids is 3. The molecular weight excluding hydrogens is 372 g/mol. The molecule has 2 aromatic carbocycles. The van der Waals surface area contributed by atoms with Gasteiger partial charge in [-0.1, -0.05) is 13.8 Å². The first-order valence-corrected chi connectivity index (χ1v) is 9.21. The van der Waals surface area contributed by atoms with E-state index in [1.807, 2.05) is 13.8 Å². The largest absolute Gasteiger partial charge is 0.497 e. The molecule has 0 radical (unpaired) electrons. The highest BCUT2D eigenvalue weighted by Crippen LogP contribution is 2.19. The standard InChI is InChI=1S/C22H26N2O5/c1-13(2)19(24-20(25)15-6-9-17(28-4)10-7-15)21(26)23-18-11-8-16(12-14(18)3)22(27)29-5/h6-13,19H,1-5H3,(H,23,26)(H,24,25)/t19-/m1/s1. The van der Waals surface area contributed by atoms with Crippen molar-refractivity contribution in [1.82, 2.24) is 5.32 Å². The molecule has 0 aliphatic heterocycles. The zero-order chi connectivity index (χ0) is 21.6. The molecule has 1 atom stereocenters. The van der Waals surface area contributed by atoms with Gasteiger partial charge < -0.3 is 20.1 Å². The number of methoxy groups -OCH3 is 2. The van der Waals surface area contributed by atoms with E-state index in [-0.39, 0.29) is 17.7 Å². The van der Waals surface area contributed by atoms with Crippen molar-refractivity contribution in [2.24, 2.45) is 5.92 Å². The quantitative estimate of drug-likeness (QED) is 0.699. The van der Waals surface area contributed by atoms with E-state index in [1.165, 1.54) is 7.11 Å². The van der Waals surface area contributed by atoms with Crippen molar-refractivity contribution >= 4 is 23.5 Å². The summed E-state index contributed by atoms with van der Waals surface area (Å²) in [6.07, 6.45) is 0. The first-order chi connectivity index (χ1) is 13.8. The van der Waals surface area contributed by atoms with E-state index in [0.717, 1.165) is 0 Å². The summed E-state index contributed by atoms with van der Waals surface area (Å²) in [5, 5.41) is 5.61. The normalized spacial score (nSPS) is 11.5. The molecule has 154 valence electrons. The van der Waals surface area contributed by atoms with Gasteiger partial charge in [0.15, 0.2) is 0 Å². The number of rotatable bonds is 7.